The number of rotatable bonds is 8. The fourth-order valence-corrected chi connectivity index (χ4v) is 4.83. The molecule has 0 radical (unpaired) electrons. The Morgan fingerprint density at radius 2 is 1.69 bits per heavy atom. The summed E-state index contributed by atoms with van der Waals surface area (Å²) in [5, 5.41) is 1.72. The molecule has 0 fully saturated rings. The summed E-state index contributed by atoms with van der Waals surface area (Å²) in [6, 6.07) is 12.7. The van der Waals surface area contributed by atoms with Gasteiger partial charge in [0.25, 0.3) is 5.91 Å². The number of hydrogen-bond acceptors (Lipinski definition) is 5. The molecule has 1 heterocycles. The Bertz CT molecular complexity index is 1170. The molecule has 35 heavy (non-hydrogen) atoms. The van der Waals surface area contributed by atoms with Crippen LogP contribution in [0.15, 0.2) is 59.0 Å². The highest BCUT2D eigenvalue weighted by molar-refractivity contribution is 8.06. The van der Waals surface area contributed by atoms with E-state index in [4.69, 9.17) is 14.5 Å². The quantitative estimate of drug-likeness (QED) is 0.201. The highest BCUT2D eigenvalue weighted by atomic mass is 32.2. The van der Waals surface area contributed by atoms with Gasteiger partial charge in [0.15, 0.2) is 0 Å². The smallest absolute Gasteiger partial charge is 0.343 e. The topological polar surface area (TPSA) is 104 Å². The zero-order valence-electron chi connectivity index (χ0n) is 20.2. The van der Waals surface area contributed by atoms with Crippen LogP contribution >= 0.6 is 19.4 Å². The SMILES string of the molecule is CC(C)c1cc(C=C2SC=CN(CCP(=O)(O)O)C2=O)cc(C(C)C)c1OC(=O)c1ccccc1. The van der Waals surface area contributed by atoms with Crippen molar-refractivity contribution in [2.75, 3.05) is 12.7 Å². The number of ether oxygens (including phenoxy) is 1. The van der Waals surface area contributed by atoms with Crippen LogP contribution in [0, 0.1) is 0 Å². The van der Waals surface area contributed by atoms with Gasteiger partial charge in [0, 0.05) is 12.7 Å². The third-order valence-corrected chi connectivity index (χ3v) is 7.04. The van der Waals surface area contributed by atoms with Crippen LogP contribution in [-0.2, 0) is 9.36 Å². The second-order valence-electron chi connectivity index (χ2n) is 8.89. The van der Waals surface area contributed by atoms with Crippen LogP contribution < -0.4 is 4.74 Å². The molecule has 1 amide bonds. The van der Waals surface area contributed by atoms with Crippen LogP contribution in [-0.4, -0.2) is 39.3 Å². The second-order valence-corrected chi connectivity index (χ2v) is 11.6. The van der Waals surface area contributed by atoms with Crippen molar-refractivity contribution in [1.29, 1.82) is 0 Å². The van der Waals surface area contributed by atoms with E-state index in [1.165, 1.54) is 22.9 Å². The highest BCUT2D eigenvalue weighted by Gasteiger charge is 2.25. The molecule has 7 nitrogen and oxygen atoms in total. The largest absolute Gasteiger partial charge is 0.422 e. The molecule has 0 atom stereocenters. The standard InChI is InChI=1S/C26H30NO6PS/c1-17(2)21-14-19(16-23-25(28)27(11-13-35-23)10-12-34(30,31)32)15-22(18(3)4)24(21)33-26(29)20-8-6-5-7-9-20/h5-9,11,13-18H,10,12H2,1-4H3,(H2,30,31,32). The number of amides is 1. The maximum Gasteiger partial charge on any atom is 0.343 e. The molecule has 2 N–H and O–H groups in total. The molecule has 0 aromatic heterocycles. The van der Waals surface area contributed by atoms with Crippen LogP contribution in [0.4, 0.5) is 0 Å². The van der Waals surface area contributed by atoms with E-state index in [0.29, 0.717) is 16.2 Å². The molecular weight excluding hydrogens is 485 g/mol. The summed E-state index contributed by atoms with van der Waals surface area (Å²) in [5.74, 6) is -0.0959. The third kappa shape index (κ3) is 7.18. The van der Waals surface area contributed by atoms with Gasteiger partial charge in [0.1, 0.15) is 5.75 Å². The summed E-state index contributed by atoms with van der Waals surface area (Å²) in [4.78, 5) is 45.8. The minimum Gasteiger partial charge on any atom is -0.422 e. The number of carbonyl (C=O) groups is 2. The summed E-state index contributed by atoms with van der Waals surface area (Å²) >= 11 is 1.25. The highest BCUT2D eigenvalue weighted by Crippen LogP contribution is 2.39. The number of benzene rings is 2. The van der Waals surface area contributed by atoms with Crippen molar-refractivity contribution in [3.63, 3.8) is 0 Å². The lowest BCUT2D eigenvalue weighted by molar-refractivity contribution is -0.123. The number of nitrogens with zero attached hydrogens (tertiary/aromatic N) is 1. The number of hydrogen-bond donors (Lipinski definition) is 2. The van der Waals surface area contributed by atoms with Gasteiger partial charge in [-0.3, -0.25) is 9.36 Å². The third-order valence-electron chi connectivity index (χ3n) is 5.45. The minimum absolute atomic E-state index is 0.0544. The van der Waals surface area contributed by atoms with Crippen molar-refractivity contribution in [2.24, 2.45) is 0 Å². The molecular formula is C26H30NO6PS. The molecule has 1 aliphatic rings. The first kappa shape index (κ1) is 27.0. The van der Waals surface area contributed by atoms with Gasteiger partial charge < -0.3 is 19.4 Å². The summed E-state index contributed by atoms with van der Waals surface area (Å²) in [6.07, 6.45) is 2.89. The zero-order valence-corrected chi connectivity index (χ0v) is 21.9. The van der Waals surface area contributed by atoms with E-state index in [1.54, 1.807) is 35.7 Å². The predicted octanol–water partition coefficient (Wildman–Crippen LogP) is 5.72. The predicted molar refractivity (Wildman–Crippen MR) is 139 cm³/mol. The Morgan fingerprint density at radius 3 is 2.23 bits per heavy atom. The normalized spacial score (nSPS) is 15.4. The van der Waals surface area contributed by atoms with Gasteiger partial charge in [-0.2, -0.15) is 0 Å². The van der Waals surface area contributed by atoms with Crippen molar-refractivity contribution in [1.82, 2.24) is 4.90 Å². The van der Waals surface area contributed by atoms with Crippen LogP contribution in [0.2, 0.25) is 0 Å². The molecule has 3 rings (SSSR count). The van der Waals surface area contributed by atoms with Crippen molar-refractivity contribution >= 4 is 37.3 Å². The Balaban J connectivity index is 1.97. The lowest BCUT2D eigenvalue weighted by atomic mass is 9.91. The monoisotopic (exact) mass is 515 g/mol. The first-order valence-electron chi connectivity index (χ1n) is 11.3. The van der Waals surface area contributed by atoms with Gasteiger partial charge in [0.2, 0.25) is 0 Å². The fourth-order valence-electron chi connectivity index (χ4n) is 3.58. The molecule has 0 aliphatic carbocycles. The molecule has 0 unspecified atom stereocenters. The molecule has 9 heteroatoms. The van der Waals surface area contributed by atoms with Gasteiger partial charge in [0.05, 0.1) is 16.6 Å². The summed E-state index contributed by atoms with van der Waals surface area (Å²) < 4.78 is 17.1. The van der Waals surface area contributed by atoms with Crippen LogP contribution in [0.25, 0.3) is 6.08 Å². The summed E-state index contributed by atoms with van der Waals surface area (Å²) in [6.45, 7) is 8.00. The Labute approximate surface area is 210 Å². The second kappa shape index (κ2) is 11.4. The van der Waals surface area contributed by atoms with E-state index in [2.05, 4.69) is 0 Å². The molecule has 186 valence electrons. The van der Waals surface area contributed by atoms with Gasteiger partial charge in [-0.1, -0.05) is 57.7 Å². The average Bonchev–Trinajstić information content (AvgIpc) is 2.80. The zero-order chi connectivity index (χ0) is 25.8. The van der Waals surface area contributed by atoms with Crippen molar-refractivity contribution < 1.29 is 28.7 Å². The van der Waals surface area contributed by atoms with Gasteiger partial charge in [-0.25, -0.2) is 4.79 Å². The van der Waals surface area contributed by atoms with E-state index in [9.17, 15) is 14.2 Å². The molecule has 0 spiro atoms. The first-order valence-corrected chi connectivity index (χ1v) is 14.0. The van der Waals surface area contributed by atoms with E-state index in [-0.39, 0.29) is 24.3 Å². The average molecular weight is 516 g/mol. The van der Waals surface area contributed by atoms with E-state index in [0.717, 1.165) is 16.7 Å². The maximum atomic E-state index is 12.9. The van der Waals surface area contributed by atoms with Crippen LogP contribution in [0.3, 0.4) is 0 Å². The minimum atomic E-state index is -4.22. The molecule has 0 saturated carbocycles. The van der Waals surface area contributed by atoms with Crippen molar-refractivity contribution in [2.45, 2.75) is 39.5 Å². The Morgan fingerprint density at radius 1 is 1.09 bits per heavy atom. The molecule has 0 bridgehead atoms. The molecule has 1 aliphatic heterocycles. The maximum absolute atomic E-state index is 12.9. The lowest BCUT2D eigenvalue weighted by Gasteiger charge is -2.23. The molecule has 2 aromatic carbocycles. The van der Waals surface area contributed by atoms with Crippen molar-refractivity contribution in [3.05, 3.63) is 81.2 Å². The number of thioether (sulfide) groups is 1. The first-order chi connectivity index (χ1) is 16.5. The van der Waals surface area contributed by atoms with Crippen molar-refractivity contribution in [3.8, 4) is 5.75 Å². The Hall–Kier alpha value is -2.64. The summed E-state index contributed by atoms with van der Waals surface area (Å²) in [5.41, 5.74) is 2.97. The summed E-state index contributed by atoms with van der Waals surface area (Å²) in [7, 11) is -4.22. The number of esters is 1. The fraction of sp³-hybridized carbons (Fsp3) is 0.308. The molecule has 2 aromatic rings. The molecule has 0 saturated heterocycles. The van der Waals surface area contributed by atoms with Gasteiger partial charge >= 0.3 is 13.6 Å². The van der Waals surface area contributed by atoms with E-state index < -0.39 is 19.7 Å². The Kier molecular flexibility index (Phi) is 8.78. The van der Waals surface area contributed by atoms with E-state index in [1.807, 2.05) is 45.9 Å². The van der Waals surface area contributed by atoms with E-state index >= 15 is 0 Å². The van der Waals surface area contributed by atoms with Gasteiger partial charge in [-0.05, 0) is 64.3 Å². The van der Waals surface area contributed by atoms with Gasteiger partial charge in [-0.15, -0.1) is 0 Å². The van der Waals surface area contributed by atoms with Crippen LogP contribution in [0.5, 0.6) is 5.75 Å². The van der Waals surface area contributed by atoms with Crippen LogP contribution in [0.1, 0.15) is 66.6 Å². The lowest BCUT2D eigenvalue weighted by Crippen LogP contribution is -2.30. The number of carbonyl (C=O) groups excluding carboxylic acids is 2.